The van der Waals surface area contributed by atoms with E-state index in [-0.39, 0.29) is 31.0 Å². The third-order valence-electron chi connectivity index (χ3n) is 3.39. The number of nitrogens with one attached hydrogen (secondary N) is 1. The fourth-order valence-corrected chi connectivity index (χ4v) is 3.37. The number of nitrogen functional groups attached to an aromatic ring is 1. The Morgan fingerprint density at radius 2 is 1.90 bits per heavy atom. The van der Waals surface area contributed by atoms with Gasteiger partial charge >= 0.3 is 0 Å². The van der Waals surface area contributed by atoms with E-state index in [1.807, 2.05) is 11.8 Å². The number of anilines is 2. The molecule has 1 amide bonds. The Balaban J connectivity index is 0.00000147. The number of ether oxygens (including phenoxy) is 2. The molecule has 2 aliphatic rings. The number of amides is 1. The fourth-order valence-electron chi connectivity index (χ4n) is 2.26. The van der Waals surface area contributed by atoms with E-state index in [0.717, 1.165) is 24.3 Å². The normalized spacial score (nSPS) is 17.4. The first-order valence-electron chi connectivity index (χ1n) is 6.32. The van der Waals surface area contributed by atoms with Crippen molar-refractivity contribution in [2.75, 3.05) is 29.3 Å². The molecule has 0 atom stereocenters. The Bertz CT molecular complexity index is 507. The van der Waals surface area contributed by atoms with Gasteiger partial charge in [-0.05, 0) is 24.3 Å². The predicted octanol–water partition coefficient (Wildman–Crippen LogP) is 2.50. The number of fused-ring (bicyclic) bond motifs is 1. The van der Waals surface area contributed by atoms with Gasteiger partial charge in [-0.15, -0.1) is 12.4 Å². The Morgan fingerprint density at radius 3 is 2.60 bits per heavy atom. The first kappa shape index (κ1) is 15.1. The average Bonchev–Trinajstić information content (AvgIpc) is 2.87. The van der Waals surface area contributed by atoms with Crippen LogP contribution in [0.5, 0.6) is 11.5 Å². The molecular weight excluding hydrogens is 300 g/mol. The first-order valence-corrected chi connectivity index (χ1v) is 7.47. The topological polar surface area (TPSA) is 73.6 Å². The van der Waals surface area contributed by atoms with Crippen LogP contribution in [0, 0.1) is 5.92 Å². The Morgan fingerprint density at radius 1 is 1.25 bits per heavy atom. The number of thioether (sulfide) groups is 1. The maximum atomic E-state index is 12.2. The molecule has 0 aliphatic carbocycles. The third kappa shape index (κ3) is 3.07. The Labute approximate surface area is 128 Å². The van der Waals surface area contributed by atoms with Crippen LogP contribution >= 0.6 is 24.2 Å². The van der Waals surface area contributed by atoms with Crippen molar-refractivity contribution in [3.63, 3.8) is 0 Å². The molecule has 0 spiro atoms. The first-order chi connectivity index (χ1) is 9.24. The van der Waals surface area contributed by atoms with Crippen molar-refractivity contribution in [2.45, 2.75) is 12.8 Å². The average molecular weight is 317 g/mol. The lowest BCUT2D eigenvalue weighted by molar-refractivity contribution is -0.120. The number of carbonyl (C=O) groups is 1. The molecule has 1 fully saturated rings. The number of benzene rings is 1. The molecule has 20 heavy (non-hydrogen) atoms. The molecule has 7 heteroatoms. The van der Waals surface area contributed by atoms with Crippen molar-refractivity contribution in [2.24, 2.45) is 5.92 Å². The maximum Gasteiger partial charge on any atom is 0.231 e. The molecule has 0 aromatic heterocycles. The summed E-state index contributed by atoms with van der Waals surface area (Å²) in [4.78, 5) is 12.2. The van der Waals surface area contributed by atoms with E-state index in [1.165, 1.54) is 0 Å². The molecule has 1 aromatic rings. The zero-order valence-electron chi connectivity index (χ0n) is 10.9. The molecular formula is C13H17ClN2O3S. The van der Waals surface area contributed by atoms with E-state index in [2.05, 4.69) is 5.32 Å². The zero-order valence-corrected chi connectivity index (χ0v) is 12.5. The zero-order chi connectivity index (χ0) is 13.2. The van der Waals surface area contributed by atoms with Crippen molar-refractivity contribution < 1.29 is 14.3 Å². The van der Waals surface area contributed by atoms with Gasteiger partial charge in [0.05, 0.1) is 11.4 Å². The summed E-state index contributed by atoms with van der Waals surface area (Å²) < 4.78 is 10.5. The van der Waals surface area contributed by atoms with Crippen LogP contribution in [-0.4, -0.2) is 24.2 Å². The summed E-state index contributed by atoms with van der Waals surface area (Å²) in [6, 6.07) is 3.42. The van der Waals surface area contributed by atoms with Gasteiger partial charge in [0.15, 0.2) is 11.5 Å². The molecule has 5 nitrogen and oxygen atoms in total. The molecule has 3 rings (SSSR count). The van der Waals surface area contributed by atoms with Crippen LogP contribution in [0.25, 0.3) is 0 Å². The SMILES string of the molecule is Cl.Nc1cc2c(cc1NC(=O)C1CCSCC1)OCO2. The van der Waals surface area contributed by atoms with Gasteiger partial charge in [-0.2, -0.15) is 11.8 Å². The van der Waals surface area contributed by atoms with E-state index >= 15 is 0 Å². The van der Waals surface area contributed by atoms with Gasteiger partial charge in [0.2, 0.25) is 12.7 Å². The van der Waals surface area contributed by atoms with Crippen LogP contribution in [0.1, 0.15) is 12.8 Å². The molecule has 1 saturated heterocycles. The van der Waals surface area contributed by atoms with Crippen LogP contribution in [0.15, 0.2) is 12.1 Å². The van der Waals surface area contributed by atoms with E-state index in [4.69, 9.17) is 15.2 Å². The highest BCUT2D eigenvalue weighted by Crippen LogP contribution is 2.38. The molecule has 110 valence electrons. The summed E-state index contributed by atoms with van der Waals surface area (Å²) >= 11 is 1.90. The number of nitrogens with two attached hydrogens (primary N) is 1. The largest absolute Gasteiger partial charge is 0.454 e. The second kappa shape index (κ2) is 6.45. The number of rotatable bonds is 2. The van der Waals surface area contributed by atoms with Crippen molar-refractivity contribution >= 4 is 41.5 Å². The molecule has 0 unspecified atom stereocenters. The third-order valence-corrected chi connectivity index (χ3v) is 4.44. The minimum atomic E-state index is 0. The summed E-state index contributed by atoms with van der Waals surface area (Å²) in [5.74, 6) is 3.49. The van der Waals surface area contributed by atoms with Crippen LogP contribution in [-0.2, 0) is 4.79 Å². The monoisotopic (exact) mass is 316 g/mol. The van der Waals surface area contributed by atoms with Crippen molar-refractivity contribution in [1.82, 2.24) is 0 Å². The second-order valence-electron chi connectivity index (χ2n) is 4.67. The number of hydrogen-bond donors (Lipinski definition) is 2. The number of hydrogen-bond acceptors (Lipinski definition) is 5. The van der Waals surface area contributed by atoms with Gasteiger partial charge in [0.1, 0.15) is 0 Å². The van der Waals surface area contributed by atoms with Crippen LogP contribution < -0.4 is 20.5 Å². The highest BCUT2D eigenvalue weighted by molar-refractivity contribution is 7.99. The van der Waals surface area contributed by atoms with E-state index in [1.54, 1.807) is 12.1 Å². The number of halogens is 1. The smallest absolute Gasteiger partial charge is 0.231 e. The van der Waals surface area contributed by atoms with Gasteiger partial charge in [-0.25, -0.2) is 0 Å². The summed E-state index contributed by atoms with van der Waals surface area (Å²) in [5, 5.41) is 2.90. The van der Waals surface area contributed by atoms with Crippen LogP contribution in [0.4, 0.5) is 11.4 Å². The minimum Gasteiger partial charge on any atom is -0.454 e. The van der Waals surface area contributed by atoms with Crippen LogP contribution in [0.3, 0.4) is 0 Å². The van der Waals surface area contributed by atoms with Crippen molar-refractivity contribution in [3.8, 4) is 11.5 Å². The molecule has 0 bridgehead atoms. The highest BCUT2D eigenvalue weighted by Gasteiger charge is 2.23. The standard InChI is InChI=1S/C13H16N2O3S.ClH/c14-9-5-11-12(18-7-17-11)6-10(9)15-13(16)8-1-3-19-4-2-8;/h5-6,8H,1-4,7,14H2,(H,15,16);1H. The molecule has 1 aromatic carbocycles. The molecule has 0 saturated carbocycles. The van der Waals surface area contributed by atoms with Gasteiger partial charge in [-0.1, -0.05) is 0 Å². The van der Waals surface area contributed by atoms with E-state index in [0.29, 0.717) is 22.9 Å². The van der Waals surface area contributed by atoms with E-state index < -0.39 is 0 Å². The minimum absolute atomic E-state index is 0. The second-order valence-corrected chi connectivity index (χ2v) is 5.89. The summed E-state index contributed by atoms with van der Waals surface area (Å²) in [6.45, 7) is 0.200. The van der Waals surface area contributed by atoms with Gasteiger partial charge in [0, 0.05) is 18.1 Å². The van der Waals surface area contributed by atoms with Gasteiger partial charge in [-0.3, -0.25) is 4.79 Å². The summed E-state index contributed by atoms with van der Waals surface area (Å²) in [5.41, 5.74) is 7.02. The summed E-state index contributed by atoms with van der Waals surface area (Å²) in [6.07, 6.45) is 1.86. The lowest BCUT2D eigenvalue weighted by Crippen LogP contribution is -2.26. The number of carbonyl (C=O) groups excluding carboxylic acids is 1. The van der Waals surface area contributed by atoms with Crippen LogP contribution in [0.2, 0.25) is 0 Å². The summed E-state index contributed by atoms with van der Waals surface area (Å²) in [7, 11) is 0. The van der Waals surface area contributed by atoms with Crippen molar-refractivity contribution in [1.29, 1.82) is 0 Å². The molecule has 0 radical (unpaired) electrons. The van der Waals surface area contributed by atoms with E-state index in [9.17, 15) is 4.79 Å². The van der Waals surface area contributed by atoms with Gasteiger partial charge in [0.25, 0.3) is 0 Å². The quantitative estimate of drug-likeness (QED) is 0.820. The predicted molar refractivity (Wildman–Crippen MR) is 82.9 cm³/mol. The van der Waals surface area contributed by atoms with Crippen molar-refractivity contribution in [3.05, 3.63) is 12.1 Å². The molecule has 2 aliphatic heterocycles. The fraction of sp³-hybridized carbons (Fsp3) is 0.462. The molecule has 2 heterocycles. The lowest BCUT2D eigenvalue weighted by atomic mass is 10.0. The van der Waals surface area contributed by atoms with Gasteiger partial charge < -0.3 is 20.5 Å². The lowest BCUT2D eigenvalue weighted by Gasteiger charge is -2.21. The Hall–Kier alpha value is -1.27. The highest BCUT2D eigenvalue weighted by atomic mass is 35.5. The Kier molecular flexibility index (Phi) is 4.88. The maximum absolute atomic E-state index is 12.2. The molecule has 3 N–H and O–H groups in total.